The Labute approximate surface area is 152 Å². The molecule has 136 valence electrons. The van der Waals surface area contributed by atoms with E-state index in [1.807, 2.05) is 19.9 Å². The minimum absolute atomic E-state index is 0.143. The number of rotatable bonds is 4. The molecule has 25 heavy (non-hydrogen) atoms. The Bertz CT molecular complexity index is 701. The van der Waals surface area contributed by atoms with Crippen LogP contribution in [0, 0.1) is 25.3 Å². The molecule has 5 heteroatoms. The lowest BCUT2D eigenvalue weighted by atomic mass is 10.1. The lowest BCUT2D eigenvalue weighted by molar-refractivity contribution is -0.119. The number of nitrogens with two attached hydrogens (primary N) is 1. The second-order valence-corrected chi connectivity index (χ2v) is 13.2. The summed E-state index contributed by atoms with van der Waals surface area (Å²) in [6.45, 7) is 14.8. The average molecular weight is 359 g/mol. The van der Waals surface area contributed by atoms with E-state index in [1.165, 1.54) is 0 Å². The van der Waals surface area contributed by atoms with Gasteiger partial charge in [-0.25, -0.2) is 0 Å². The molecule has 1 atom stereocenters. The van der Waals surface area contributed by atoms with Crippen LogP contribution in [0.4, 0.5) is 0 Å². The fourth-order valence-electron chi connectivity index (χ4n) is 2.13. The summed E-state index contributed by atoms with van der Waals surface area (Å²) in [6, 6.07) is 4.79. The number of hydrogen-bond acceptors (Lipinski definition) is 2. The van der Waals surface area contributed by atoms with Gasteiger partial charge in [0.2, 0.25) is 5.91 Å². The molecule has 0 bridgehead atoms. The molecule has 0 aliphatic heterocycles. The van der Waals surface area contributed by atoms with Gasteiger partial charge in [-0.3, -0.25) is 9.59 Å². The maximum Gasteiger partial charge on any atom is 0.251 e. The molecule has 0 radical (unpaired) electrons. The predicted octanol–water partition coefficient (Wildman–Crippen LogP) is 3.33. The summed E-state index contributed by atoms with van der Waals surface area (Å²) in [5.41, 5.74) is 11.3. The molecule has 4 nitrogen and oxygen atoms in total. The van der Waals surface area contributed by atoms with Crippen LogP contribution in [0.25, 0.3) is 0 Å². The first-order valence-electron chi connectivity index (χ1n) is 8.52. The number of carbonyl (C=O) groups is 2. The molecule has 0 aliphatic carbocycles. The zero-order valence-electron chi connectivity index (χ0n) is 16.4. The maximum atomic E-state index is 12.4. The Morgan fingerprint density at radius 2 is 1.68 bits per heavy atom. The number of benzene rings is 1. The van der Waals surface area contributed by atoms with Gasteiger partial charge in [0.1, 0.15) is 14.1 Å². The third-order valence-corrected chi connectivity index (χ3v) is 9.27. The molecule has 0 unspecified atom stereocenters. The molecule has 0 spiro atoms. The van der Waals surface area contributed by atoms with Crippen LogP contribution in [0.2, 0.25) is 18.1 Å². The fraction of sp³-hybridized carbons (Fsp3) is 0.500. The van der Waals surface area contributed by atoms with E-state index in [4.69, 9.17) is 5.73 Å². The van der Waals surface area contributed by atoms with Gasteiger partial charge in [0.15, 0.2) is 0 Å². The number of hydrogen-bond donors (Lipinski definition) is 2. The molecule has 0 saturated heterocycles. The third kappa shape index (κ3) is 6.06. The highest BCUT2D eigenvalue weighted by molar-refractivity contribution is 6.87. The molecule has 1 aromatic rings. The van der Waals surface area contributed by atoms with Crippen LogP contribution in [0.3, 0.4) is 0 Å². The van der Waals surface area contributed by atoms with E-state index >= 15 is 0 Å². The highest BCUT2D eigenvalue weighted by Gasteiger charge is 2.33. The minimum Gasteiger partial charge on any atom is -0.368 e. The van der Waals surface area contributed by atoms with Crippen molar-refractivity contribution in [3.8, 4) is 11.5 Å². The first-order valence-corrected chi connectivity index (χ1v) is 11.5. The van der Waals surface area contributed by atoms with Crippen LogP contribution in [-0.2, 0) is 4.79 Å². The van der Waals surface area contributed by atoms with Crippen LogP contribution in [0.1, 0.15) is 48.7 Å². The fourth-order valence-corrected chi connectivity index (χ4v) is 3.05. The minimum atomic E-state index is -1.75. The van der Waals surface area contributed by atoms with Crippen LogP contribution < -0.4 is 11.1 Å². The Morgan fingerprint density at radius 1 is 1.16 bits per heavy atom. The second-order valence-electron chi connectivity index (χ2n) is 8.19. The van der Waals surface area contributed by atoms with Crippen LogP contribution in [0.5, 0.6) is 0 Å². The largest absolute Gasteiger partial charge is 0.368 e. The van der Waals surface area contributed by atoms with Gasteiger partial charge in [0, 0.05) is 12.0 Å². The molecule has 0 aromatic heterocycles. The Kier molecular flexibility index (Phi) is 6.61. The number of primary amides is 1. The molecule has 3 N–H and O–H groups in total. The van der Waals surface area contributed by atoms with E-state index in [2.05, 4.69) is 50.6 Å². The first-order chi connectivity index (χ1) is 11.3. The van der Waals surface area contributed by atoms with E-state index < -0.39 is 20.0 Å². The quantitative estimate of drug-likeness (QED) is 0.640. The molecule has 1 rings (SSSR count). The van der Waals surface area contributed by atoms with Crippen molar-refractivity contribution in [3.05, 3.63) is 34.9 Å². The number of amides is 2. The van der Waals surface area contributed by atoms with Crippen molar-refractivity contribution < 1.29 is 9.59 Å². The van der Waals surface area contributed by atoms with Crippen molar-refractivity contribution in [3.63, 3.8) is 0 Å². The summed E-state index contributed by atoms with van der Waals surface area (Å²) in [7, 11) is -1.75. The van der Waals surface area contributed by atoms with E-state index in [-0.39, 0.29) is 17.4 Å². The lowest BCUT2D eigenvalue weighted by Crippen LogP contribution is -2.44. The van der Waals surface area contributed by atoms with Crippen molar-refractivity contribution in [2.24, 2.45) is 5.73 Å². The number of carbonyl (C=O) groups excluding carboxylic acids is 2. The van der Waals surface area contributed by atoms with Crippen molar-refractivity contribution in [1.82, 2.24) is 5.32 Å². The second kappa shape index (κ2) is 7.88. The van der Waals surface area contributed by atoms with Crippen LogP contribution in [-0.4, -0.2) is 25.9 Å². The summed E-state index contributed by atoms with van der Waals surface area (Å²) in [6.07, 6.45) is 0.235. The van der Waals surface area contributed by atoms with Crippen molar-refractivity contribution in [1.29, 1.82) is 0 Å². The zero-order valence-corrected chi connectivity index (χ0v) is 17.4. The lowest BCUT2D eigenvalue weighted by Gasteiger charge is -2.31. The van der Waals surface area contributed by atoms with E-state index in [9.17, 15) is 9.59 Å². The summed E-state index contributed by atoms with van der Waals surface area (Å²) in [4.78, 5) is 24.1. The predicted molar refractivity (Wildman–Crippen MR) is 106 cm³/mol. The highest BCUT2D eigenvalue weighted by atomic mass is 28.3. The monoisotopic (exact) mass is 358 g/mol. The Morgan fingerprint density at radius 3 is 2.12 bits per heavy atom. The van der Waals surface area contributed by atoms with Crippen molar-refractivity contribution in [2.45, 2.75) is 65.2 Å². The summed E-state index contributed by atoms with van der Waals surface area (Å²) in [5, 5.41) is 2.86. The molecular formula is C20H30N2O2Si. The van der Waals surface area contributed by atoms with Gasteiger partial charge >= 0.3 is 0 Å². The molecule has 0 saturated carbocycles. The van der Waals surface area contributed by atoms with Gasteiger partial charge in [0.05, 0.1) is 0 Å². The Hall–Kier alpha value is -2.06. The standard InChI is InChI=1S/C20H30N2O2Si/c1-14-11-15(2)13-16(12-14)19(24)22-17(18(21)23)9-8-10-25(6,7)20(3,4)5/h11-13,17H,9H2,1-7H3,(H2,21,23)(H,22,24)/t17-/m0/s1. The summed E-state index contributed by atoms with van der Waals surface area (Å²) in [5.74, 6) is 2.22. The maximum absolute atomic E-state index is 12.4. The molecular weight excluding hydrogens is 328 g/mol. The Balaban J connectivity index is 2.89. The van der Waals surface area contributed by atoms with Crippen LogP contribution in [0.15, 0.2) is 18.2 Å². The first kappa shape index (κ1) is 21.0. The highest BCUT2D eigenvalue weighted by Crippen LogP contribution is 2.35. The van der Waals surface area contributed by atoms with Crippen molar-refractivity contribution in [2.75, 3.05) is 0 Å². The summed E-state index contributed by atoms with van der Waals surface area (Å²) < 4.78 is 0. The molecule has 0 fully saturated rings. The van der Waals surface area contributed by atoms with Gasteiger partial charge in [-0.15, -0.1) is 11.5 Å². The number of nitrogens with one attached hydrogen (secondary N) is 1. The van der Waals surface area contributed by atoms with Gasteiger partial charge in [-0.2, -0.15) is 0 Å². The summed E-state index contributed by atoms with van der Waals surface area (Å²) >= 11 is 0. The number of aryl methyl sites for hydroxylation is 2. The molecule has 0 aliphatic rings. The van der Waals surface area contributed by atoms with Crippen LogP contribution >= 0.6 is 0 Å². The van der Waals surface area contributed by atoms with Crippen molar-refractivity contribution >= 4 is 19.9 Å². The zero-order chi connectivity index (χ0) is 19.4. The van der Waals surface area contributed by atoms with Gasteiger partial charge in [-0.1, -0.05) is 51.1 Å². The topological polar surface area (TPSA) is 72.2 Å². The van der Waals surface area contributed by atoms with E-state index in [0.717, 1.165) is 11.1 Å². The normalized spacial score (nSPS) is 12.8. The van der Waals surface area contributed by atoms with E-state index in [0.29, 0.717) is 5.56 Å². The third-order valence-electron chi connectivity index (χ3n) is 4.71. The molecule has 2 amide bonds. The van der Waals surface area contributed by atoms with E-state index in [1.54, 1.807) is 12.1 Å². The smallest absolute Gasteiger partial charge is 0.251 e. The molecule has 0 heterocycles. The molecule has 1 aromatic carbocycles. The average Bonchev–Trinajstić information content (AvgIpc) is 2.43. The van der Waals surface area contributed by atoms with Gasteiger partial charge in [0.25, 0.3) is 5.91 Å². The van der Waals surface area contributed by atoms with Gasteiger partial charge in [-0.05, 0) is 31.0 Å². The van der Waals surface area contributed by atoms with Gasteiger partial charge < -0.3 is 11.1 Å². The SMILES string of the molecule is Cc1cc(C)cc(C(=O)N[C@@H](CC#C[Si](C)(C)C(C)(C)C)C(N)=O)c1.